The fourth-order valence-corrected chi connectivity index (χ4v) is 3.30. The Hall–Kier alpha value is -3.59. The molecule has 3 unspecified atom stereocenters. The van der Waals surface area contributed by atoms with Crippen LogP contribution in [0.25, 0.3) is 0 Å². The van der Waals surface area contributed by atoms with E-state index in [1.807, 2.05) is 13.8 Å². The summed E-state index contributed by atoms with van der Waals surface area (Å²) in [4.78, 5) is 37.3. The van der Waals surface area contributed by atoms with E-state index < -0.39 is 35.9 Å². The first-order valence-corrected chi connectivity index (χ1v) is 10.7. The Morgan fingerprint density at radius 2 is 1.24 bits per heavy atom. The van der Waals surface area contributed by atoms with E-state index in [-0.39, 0.29) is 30.3 Å². The van der Waals surface area contributed by atoms with Crippen LogP contribution in [0.4, 0.5) is 0 Å². The lowest BCUT2D eigenvalue weighted by Gasteiger charge is -2.24. The highest BCUT2D eigenvalue weighted by molar-refractivity contribution is 5.91. The van der Waals surface area contributed by atoms with Gasteiger partial charge in [-0.15, -0.1) is 0 Å². The first-order chi connectivity index (χ1) is 15.5. The molecule has 2 amide bonds. The molecule has 0 radical (unpaired) electrons. The minimum absolute atomic E-state index is 0.0179. The fraction of sp³-hybridized carbons (Fsp3) is 0.375. The Balaban J connectivity index is 2.05. The average molecular weight is 458 g/mol. The first kappa shape index (κ1) is 25.7. The molecule has 2 aromatic carbocycles. The molecule has 2 aromatic rings. The predicted molar refractivity (Wildman–Crippen MR) is 123 cm³/mol. The van der Waals surface area contributed by atoms with E-state index in [0.29, 0.717) is 12.0 Å². The molecule has 0 saturated carbocycles. The second-order valence-corrected chi connectivity index (χ2v) is 8.44. The number of nitrogens with two attached hydrogens (primary N) is 1. The molecule has 33 heavy (non-hydrogen) atoms. The molecular weight excluding hydrogens is 426 g/mol. The van der Waals surface area contributed by atoms with Crippen LogP contribution in [0, 0.1) is 5.92 Å². The van der Waals surface area contributed by atoms with Gasteiger partial charge >= 0.3 is 5.97 Å². The van der Waals surface area contributed by atoms with Crippen LogP contribution in [0.15, 0.2) is 48.5 Å². The summed E-state index contributed by atoms with van der Waals surface area (Å²) in [5, 5.41) is 33.5. The first-order valence-electron chi connectivity index (χ1n) is 10.7. The molecule has 0 aliphatic heterocycles. The number of rotatable bonds is 11. The van der Waals surface area contributed by atoms with Gasteiger partial charge in [0, 0.05) is 6.42 Å². The number of aliphatic carboxylic acids is 1. The summed E-state index contributed by atoms with van der Waals surface area (Å²) in [7, 11) is 0. The van der Waals surface area contributed by atoms with Crippen LogP contribution in [-0.4, -0.2) is 51.2 Å². The molecule has 0 fully saturated rings. The lowest BCUT2D eigenvalue weighted by atomic mass is 10.00. The van der Waals surface area contributed by atoms with Crippen molar-refractivity contribution < 1.29 is 29.7 Å². The highest BCUT2D eigenvalue weighted by Gasteiger charge is 2.28. The van der Waals surface area contributed by atoms with Crippen LogP contribution in [0.2, 0.25) is 0 Å². The van der Waals surface area contributed by atoms with Crippen LogP contribution in [-0.2, 0) is 27.2 Å². The highest BCUT2D eigenvalue weighted by Crippen LogP contribution is 2.13. The van der Waals surface area contributed by atoms with Crippen LogP contribution >= 0.6 is 0 Å². The standard InChI is InChI=1S/C24H31N3O6/c1-14(2)11-20(26-22(30)19(25)12-15-3-7-17(28)8-4-15)23(31)27-21(24(32)33)13-16-5-9-18(29)10-6-16/h3-10,14,19-21,28-29H,11-13,25H2,1-2H3,(H,26,30)(H,27,31)(H,32,33). The van der Waals surface area contributed by atoms with E-state index in [1.165, 1.54) is 24.3 Å². The number of carbonyl (C=O) groups excluding carboxylic acids is 2. The van der Waals surface area contributed by atoms with Crippen molar-refractivity contribution in [3.05, 3.63) is 59.7 Å². The van der Waals surface area contributed by atoms with Crippen LogP contribution in [0.3, 0.4) is 0 Å². The Bertz CT molecular complexity index is 944. The lowest BCUT2D eigenvalue weighted by Crippen LogP contribution is -2.55. The van der Waals surface area contributed by atoms with Gasteiger partial charge in [0.15, 0.2) is 0 Å². The quantitative estimate of drug-likeness (QED) is 0.296. The summed E-state index contributed by atoms with van der Waals surface area (Å²) in [6, 6.07) is 9.24. The summed E-state index contributed by atoms with van der Waals surface area (Å²) in [6.07, 6.45) is 0.528. The van der Waals surface area contributed by atoms with Crippen LogP contribution in [0.5, 0.6) is 11.5 Å². The second kappa shape index (κ2) is 11.9. The maximum absolute atomic E-state index is 12.9. The number of benzene rings is 2. The van der Waals surface area contributed by atoms with Crippen molar-refractivity contribution in [3.63, 3.8) is 0 Å². The highest BCUT2D eigenvalue weighted by atomic mass is 16.4. The molecule has 0 bridgehead atoms. The molecule has 0 aliphatic carbocycles. The van der Waals surface area contributed by atoms with Gasteiger partial charge in [-0.05, 0) is 54.2 Å². The molecule has 0 saturated heterocycles. The van der Waals surface area contributed by atoms with Crippen molar-refractivity contribution in [1.82, 2.24) is 10.6 Å². The molecule has 178 valence electrons. The number of nitrogens with one attached hydrogen (secondary N) is 2. The number of hydrogen-bond acceptors (Lipinski definition) is 6. The fourth-order valence-electron chi connectivity index (χ4n) is 3.30. The SMILES string of the molecule is CC(C)CC(NC(=O)C(N)Cc1ccc(O)cc1)C(=O)NC(Cc1ccc(O)cc1)C(=O)O. The third kappa shape index (κ3) is 8.46. The van der Waals surface area contributed by atoms with Crippen molar-refractivity contribution in [3.8, 4) is 11.5 Å². The maximum atomic E-state index is 12.9. The van der Waals surface area contributed by atoms with Crippen molar-refractivity contribution >= 4 is 17.8 Å². The lowest BCUT2D eigenvalue weighted by molar-refractivity contribution is -0.142. The summed E-state index contributed by atoms with van der Waals surface area (Å²) >= 11 is 0. The molecule has 0 heterocycles. The van der Waals surface area contributed by atoms with E-state index in [1.54, 1.807) is 24.3 Å². The predicted octanol–water partition coefficient (Wildman–Crippen LogP) is 1.31. The number of amides is 2. The molecule has 3 atom stereocenters. The van der Waals surface area contributed by atoms with Gasteiger partial charge in [0.05, 0.1) is 6.04 Å². The number of phenols is 2. The van der Waals surface area contributed by atoms with E-state index in [2.05, 4.69) is 10.6 Å². The number of aromatic hydroxyl groups is 2. The van der Waals surface area contributed by atoms with Gasteiger partial charge in [0.1, 0.15) is 23.6 Å². The van der Waals surface area contributed by atoms with E-state index in [0.717, 1.165) is 5.56 Å². The number of carbonyl (C=O) groups is 3. The van der Waals surface area contributed by atoms with Crippen molar-refractivity contribution in [2.24, 2.45) is 11.7 Å². The number of carboxylic acid groups (broad SMARTS) is 1. The monoisotopic (exact) mass is 457 g/mol. The molecular formula is C24H31N3O6. The second-order valence-electron chi connectivity index (χ2n) is 8.44. The number of hydrogen-bond donors (Lipinski definition) is 6. The number of phenolic OH excluding ortho intramolecular Hbond substituents is 2. The van der Waals surface area contributed by atoms with Gasteiger partial charge in [-0.2, -0.15) is 0 Å². The minimum atomic E-state index is -1.21. The Morgan fingerprint density at radius 3 is 1.70 bits per heavy atom. The summed E-state index contributed by atoms with van der Waals surface area (Å²) in [6.45, 7) is 3.77. The normalized spacial score (nSPS) is 13.7. The molecule has 9 nitrogen and oxygen atoms in total. The van der Waals surface area contributed by atoms with Crippen molar-refractivity contribution in [1.29, 1.82) is 0 Å². The van der Waals surface area contributed by atoms with Gasteiger partial charge in [0.2, 0.25) is 11.8 Å². The van der Waals surface area contributed by atoms with Gasteiger partial charge in [-0.3, -0.25) is 9.59 Å². The Morgan fingerprint density at radius 1 is 0.788 bits per heavy atom. The topological polar surface area (TPSA) is 162 Å². The zero-order valence-electron chi connectivity index (χ0n) is 18.7. The zero-order chi connectivity index (χ0) is 24.5. The third-order valence-corrected chi connectivity index (χ3v) is 5.06. The zero-order valence-corrected chi connectivity index (χ0v) is 18.7. The van der Waals surface area contributed by atoms with Crippen molar-refractivity contribution in [2.75, 3.05) is 0 Å². The van der Waals surface area contributed by atoms with Crippen LogP contribution < -0.4 is 16.4 Å². The summed E-state index contributed by atoms with van der Waals surface area (Å²) < 4.78 is 0. The van der Waals surface area contributed by atoms with Crippen molar-refractivity contribution in [2.45, 2.75) is 51.2 Å². The molecule has 0 spiro atoms. The van der Waals surface area contributed by atoms with E-state index in [9.17, 15) is 29.7 Å². The average Bonchev–Trinajstić information content (AvgIpc) is 2.75. The van der Waals surface area contributed by atoms with Crippen LogP contribution in [0.1, 0.15) is 31.4 Å². The third-order valence-electron chi connectivity index (χ3n) is 5.06. The summed E-state index contributed by atoms with van der Waals surface area (Å²) in [5.41, 5.74) is 7.39. The number of carboxylic acids is 1. The molecule has 7 N–H and O–H groups in total. The smallest absolute Gasteiger partial charge is 0.326 e. The van der Waals surface area contributed by atoms with Gasteiger partial charge in [0.25, 0.3) is 0 Å². The molecule has 0 aromatic heterocycles. The Kier molecular flexibility index (Phi) is 9.23. The van der Waals surface area contributed by atoms with Gasteiger partial charge < -0.3 is 31.7 Å². The molecule has 9 heteroatoms. The molecule has 2 rings (SSSR count). The molecule has 0 aliphatic rings. The maximum Gasteiger partial charge on any atom is 0.326 e. The van der Waals surface area contributed by atoms with E-state index in [4.69, 9.17) is 5.73 Å². The Labute approximate surface area is 192 Å². The minimum Gasteiger partial charge on any atom is -0.508 e. The van der Waals surface area contributed by atoms with E-state index >= 15 is 0 Å². The summed E-state index contributed by atoms with van der Waals surface area (Å²) in [5.74, 6) is -2.15. The van der Waals surface area contributed by atoms with Gasteiger partial charge in [-0.1, -0.05) is 38.1 Å². The van der Waals surface area contributed by atoms with Gasteiger partial charge in [-0.25, -0.2) is 4.79 Å². The largest absolute Gasteiger partial charge is 0.508 e.